The van der Waals surface area contributed by atoms with Gasteiger partial charge in [-0.15, -0.1) is 10.2 Å². The lowest BCUT2D eigenvalue weighted by atomic mass is 9.96. The number of hydrogen-bond donors (Lipinski definition) is 0. The van der Waals surface area contributed by atoms with Gasteiger partial charge < -0.3 is 0 Å². The van der Waals surface area contributed by atoms with Crippen molar-refractivity contribution in [2.45, 2.75) is 6.92 Å². The maximum Gasteiger partial charge on any atom is 0.169 e. The van der Waals surface area contributed by atoms with Gasteiger partial charge in [-0.2, -0.15) is 0 Å². The number of aryl methyl sites for hydroxylation is 1. The minimum absolute atomic E-state index is 0.865. The summed E-state index contributed by atoms with van der Waals surface area (Å²) in [6, 6.07) is 38.8. The summed E-state index contributed by atoms with van der Waals surface area (Å²) in [6.07, 6.45) is 0. The van der Waals surface area contributed by atoms with Crippen LogP contribution in [0.4, 0.5) is 0 Å². The zero-order valence-corrected chi connectivity index (χ0v) is 18.7. The summed E-state index contributed by atoms with van der Waals surface area (Å²) in [6.45, 7) is 2.10. The highest BCUT2D eigenvalue weighted by atomic mass is 15.2. The number of rotatable bonds is 2. The average Bonchev–Trinajstić information content (AvgIpc) is 3.34. The average molecular weight is 436 g/mol. The van der Waals surface area contributed by atoms with E-state index in [9.17, 15) is 0 Å². The fraction of sp³-hybridized carbons (Fsp3) is 0.0323. The second-order valence-electron chi connectivity index (χ2n) is 8.85. The Balaban J connectivity index is 1.58. The first kappa shape index (κ1) is 19.0. The van der Waals surface area contributed by atoms with Crippen LogP contribution in [0.2, 0.25) is 0 Å². The third-order valence-corrected chi connectivity index (χ3v) is 6.77. The van der Waals surface area contributed by atoms with E-state index in [0.29, 0.717) is 0 Å². The SMILES string of the molecule is Cc1ccc(-c2nnc3c4ccccc4c4cc(-c5cccc6ccccc56)ccc4n23)cc1. The Morgan fingerprint density at radius 2 is 1.26 bits per heavy atom. The van der Waals surface area contributed by atoms with Gasteiger partial charge in [0.2, 0.25) is 0 Å². The number of benzene rings is 5. The predicted octanol–water partition coefficient (Wildman–Crippen LogP) is 7.83. The molecule has 2 aromatic heterocycles. The van der Waals surface area contributed by atoms with Crippen molar-refractivity contribution in [3.05, 3.63) is 115 Å². The maximum atomic E-state index is 4.63. The molecule has 7 aromatic rings. The molecule has 7 rings (SSSR count). The van der Waals surface area contributed by atoms with Crippen molar-refractivity contribution in [1.29, 1.82) is 0 Å². The molecule has 34 heavy (non-hydrogen) atoms. The molecule has 0 fully saturated rings. The number of fused-ring (bicyclic) bond motifs is 7. The fourth-order valence-corrected chi connectivity index (χ4v) is 5.08. The summed E-state index contributed by atoms with van der Waals surface area (Å²) in [5.41, 5.74) is 6.74. The lowest BCUT2D eigenvalue weighted by molar-refractivity contribution is 1.12. The molecule has 0 aliphatic rings. The lowest BCUT2D eigenvalue weighted by Gasteiger charge is -2.13. The van der Waals surface area contributed by atoms with E-state index < -0.39 is 0 Å². The molecule has 3 heteroatoms. The number of pyridine rings is 1. The smallest absolute Gasteiger partial charge is 0.169 e. The van der Waals surface area contributed by atoms with E-state index in [-0.39, 0.29) is 0 Å². The lowest BCUT2D eigenvalue weighted by Crippen LogP contribution is -1.95. The number of hydrogen-bond acceptors (Lipinski definition) is 2. The van der Waals surface area contributed by atoms with Crippen LogP contribution >= 0.6 is 0 Å². The third kappa shape index (κ3) is 2.77. The van der Waals surface area contributed by atoms with Gasteiger partial charge in [0.1, 0.15) is 0 Å². The minimum Gasteiger partial charge on any atom is -0.274 e. The zero-order chi connectivity index (χ0) is 22.6. The van der Waals surface area contributed by atoms with Gasteiger partial charge in [0.25, 0.3) is 0 Å². The van der Waals surface area contributed by atoms with Crippen molar-refractivity contribution in [3.63, 3.8) is 0 Å². The second kappa shape index (κ2) is 7.26. The predicted molar refractivity (Wildman–Crippen MR) is 141 cm³/mol. The molecule has 0 amide bonds. The van der Waals surface area contributed by atoms with Crippen molar-refractivity contribution in [3.8, 4) is 22.5 Å². The van der Waals surface area contributed by atoms with E-state index in [2.05, 4.69) is 131 Å². The molecule has 0 radical (unpaired) electrons. The van der Waals surface area contributed by atoms with Gasteiger partial charge in [0.15, 0.2) is 11.5 Å². The van der Waals surface area contributed by atoms with Crippen LogP contribution in [0.15, 0.2) is 109 Å². The number of nitrogens with zero attached hydrogens (tertiary/aromatic N) is 3. The molecule has 160 valence electrons. The Bertz CT molecular complexity index is 1860. The van der Waals surface area contributed by atoms with Crippen molar-refractivity contribution in [2.24, 2.45) is 0 Å². The van der Waals surface area contributed by atoms with Crippen molar-refractivity contribution >= 4 is 38.1 Å². The molecule has 3 nitrogen and oxygen atoms in total. The molecule has 0 bridgehead atoms. The van der Waals surface area contributed by atoms with Crippen molar-refractivity contribution in [1.82, 2.24) is 14.6 Å². The summed E-state index contributed by atoms with van der Waals surface area (Å²) in [5.74, 6) is 0.865. The van der Waals surface area contributed by atoms with Gasteiger partial charge in [-0.25, -0.2) is 0 Å². The quantitative estimate of drug-likeness (QED) is 0.259. The molecule has 0 saturated heterocycles. The molecule has 0 aliphatic carbocycles. The Hall–Kier alpha value is -4.50. The molecule has 0 atom stereocenters. The molecule has 0 spiro atoms. The van der Waals surface area contributed by atoms with Crippen molar-refractivity contribution < 1.29 is 0 Å². The number of aromatic nitrogens is 3. The van der Waals surface area contributed by atoms with Crippen LogP contribution in [0.3, 0.4) is 0 Å². The third-order valence-electron chi connectivity index (χ3n) is 6.77. The molecule has 2 heterocycles. The Labute approximate surface area is 196 Å². The highest BCUT2D eigenvalue weighted by molar-refractivity contribution is 6.13. The van der Waals surface area contributed by atoms with Gasteiger partial charge in [0.05, 0.1) is 5.52 Å². The topological polar surface area (TPSA) is 30.2 Å². The van der Waals surface area contributed by atoms with Crippen LogP contribution in [0, 0.1) is 6.92 Å². The highest BCUT2D eigenvalue weighted by Crippen LogP contribution is 2.36. The standard InChI is InChI=1S/C31H21N3/c1-20-13-15-22(16-14-20)30-32-33-31-27-11-5-4-10-26(27)28-19-23(17-18-29(28)34(30)31)25-12-6-8-21-7-2-3-9-24(21)25/h2-19H,1H3. The van der Waals surface area contributed by atoms with E-state index >= 15 is 0 Å². The van der Waals surface area contributed by atoms with E-state index in [4.69, 9.17) is 0 Å². The monoisotopic (exact) mass is 435 g/mol. The largest absolute Gasteiger partial charge is 0.274 e. The van der Waals surface area contributed by atoms with Gasteiger partial charge in [0, 0.05) is 16.3 Å². The Morgan fingerprint density at radius 1 is 0.559 bits per heavy atom. The maximum absolute atomic E-state index is 4.63. The van der Waals surface area contributed by atoms with Crippen LogP contribution in [0.25, 0.3) is 60.6 Å². The van der Waals surface area contributed by atoms with Gasteiger partial charge in [-0.1, -0.05) is 103 Å². The molecule has 5 aromatic carbocycles. The minimum atomic E-state index is 0.865. The molecule has 0 aliphatic heterocycles. The Morgan fingerprint density at radius 3 is 2.12 bits per heavy atom. The van der Waals surface area contributed by atoms with Crippen LogP contribution in [0.1, 0.15) is 5.56 Å². The molecule has 0 saturated carbocycles. The summed E-state index contributed by atoms with van der Waals surface area (Å²) in [4.78, 5) is 0. The highest BCUT2D eigenvalue weighted by Gasteiger charge is 2.16. The van der Waals surface area contributed by atoms with E-state index in [1.54, 1.807) is 0 Å². The van der Waals surface area contributed by atoms with Gasteiger partial charge >= 0.3 is 0 Å². The molecular weight excluding hydrogens is 414 g/mol. The van der Waals surface area contributed by atoms with Crippen LogP contribution in [0.5, 0.6) is 0 Å². The summed E-state index contributed by atoms with van der Waals surface area (Å²) in [5, 5.41) is 15.3. The van der Waals surface area contributed by atoms with Crippen LogP contribution in [-0.2, 0) is 0 Å². The Kier molecular flexibility index (Phi) is 4.06. The molecule has 0 unspecified atom stereocenters. The van der Waals surface area contributed by atoms with E-state index in [1.165, 1.54) is 38.2 Å². The van der Waals surface area contributed by atoms with Gasteiger partial charge in [-0.05, 0) is 46.3 Å². The van der Waals surface area contributed by atoms with Crippen LogP contribution in [-0.4, -0.2) is 14.6 Å². The first-order valence-corrected chi connectivity index (χ1v) is 11.5. The van der Waals surface area contributed by atoms with Crippen LogP contribution < -0.4 is 0 Å². The summed E-state index contributed by atoms with van der Waals surface area (Å²) >= 11 is 0. The van der Waals surface area contributed by atoms with Gasteiger partial charge in [-0.3, -0.25) is 4.40 Å². The van der Waals surface area contributed by atoms with E-state index in [0.717, 1.165) is 27.9 Å². The fourth-order valence-electron chi connectivity index (χ4n) is 5.08. The van der Waals surface area contributed by atoms with E-state index in [1.807, 2.05) is 0 Å². The zero-order valence-electron chi connectivity index (χ0n) is 18.7. The molecular formula is C31H21N3. The first-order chi connectivity index (χ1) is 16.8. The second-order valence-corrected chi connectivity index (χ2v) is 8.85. The first-order valence-electron chi connectivity index (χ1n) is 11.5. The van der Waals surface area contributed by atoms with Crippen molar-refractivity contribution in [2.75, 3.05) is 0 Å². The summed E-state index contributed by atoms with van der Waals surface area (Å²) in [7, 11) is 0. The molecule has 0 N–H and O–H groups in total. The normalized spacial score (nSPS) is 11.7. The summed E-state index contributed by atoms with van der Waals surface area (Å²) < 4.78 is 2.20.